The van der Waals surface area contributed by atoms with Crippen molar-refractivity contribution in [2.24, 2.45) is 5.73 Å². The molecule has 0 aliphatic carbocycles. The van der Waals surface area contributed by atoms with Crippen LogP contribution in [0.5, 0.6) is 0 Å². The number of nitrogens with two attached hydrogens (primary N) is 1. The summed E-state index contributed by atoms with van der Waals surface area (Å²) in [5.41, 5.74) is 4.50. The minimum absolute atomic E-state index is 1.19. The molecule has 1 aliphatic rings. The maximum atomic E-state index is 4.50. The molecular weight excluding hydrogens is 162 g/mol. The van der Waals surface area contributed by atoms with Crippen LogP contribution >= 0.6 is 0 Å². The summed E-state index contributed by atoms with van der Waals surface area (Å²) in [5, 5.41) is 3.36. The largest absolute Gasteiger partial charge is 0.333 e. The fourth-order valence-electron chi connectivity index (χ4n) is 1.52. The maximum Gasteiger partial charge on any atom is 0.0107 e. The number of hydrogen-bond donors (Lipinski definition) is 2. The van der Waals surface area contributed by atoms with Crippen molar-refractivity contribution in [2.75, 3.05) is 39.8 Å². The Balaban J connectivity index is 0.000000671. The smallest absolute Gasteiger partial charge is 0.0107 e. The third-order valence-electron chi connectivity index (χ3n) is 2.29. The second-order valence-electron chi connectivity index (χ2n) is 3.30. The molecule has 0 aromatic rings. The van der Waals surface area contributed by atoms with Gasteiger partial charge in [0.25, 0.3) is 0 Å². The molecule has 80 valence electrons. The van der Waals surface area contributed by atoms with Crippen molar-refractivity contribution in [2.45, 2.75) is 26.2 Å². The molecule has 1 saturated heterocycles. The molecule has 0 amide bonds. The third-order valence-corrected chi connectivity index (χ3v) is 2.29. The Morgan fingerprint density at radius 1 is 1.15 bits per heavy atom. The van der Waals surface area contributed by atoms with Crippen LogP contribution in [0.15, 0.2) is 0 Å². The maximum absolute atomic E-state index is 4.50. The van der Waals surface area contributed by atoms with E-state index in [0.717, 1.165) is 0 Å². The van der Waals surface area contributed by atoms with E-state index in [-0.39, 0.29) is 0 Å². The highest BCUT2D eigenvalue weighted by Crippen LogP contribution is 1.98. The van der Waals surface area contributed by atoms with Crippen molar-refractivity contribution < 1.29 is 0 Å². The first-order valence-corrected chi connectivity index (χ1v) is 5.44. The van der Waals surface area contributed by atoms with Gasteiger partial charge in [0.1, 0.15) is 0 Å². The van der Waals surface area contributed by atoms with Gasteiger partial charge in [-0.25, -0.2) is 0 Å². The number of hydrogen-bond acceptors (Lipinski definition) is 3. The molecule has 3 nitrogen and oxygen atoms in total. The van der Waals surface area contributed by atoms with Gasteiger partial charge in [0, 0.05) is 26.2 Å². The zero-order valence-electron chi connectivity index (χ0n) is 9.18. The molecule has 0 saturated carbocycles. The number of nitrogens with zero attached hydrogens (tertiary/aromatic N) is 1. The Labute approximate surface area is 82.7 Å². The summed E-state index contributed by atoms with van der Waals surface area (Å²) in [6.45, 7) is 8.46. The normalized spacial score (nSPS) is 17.8. The minimum Gasteiger partial charge on any atom is -0.333 e. The van der Waals surface area contributed by atoms with E-state index in [2.05, 4.69) is 22.9 Å². The first-order valence-electron chi connectivity index (χ1n) is 5.44. The number of piperazine rings is 1. The Morgan fingerprint density at radius 3 is 2.31 bits per heavy atom. The zero-order chi connectivity index (χ0) is 9.94. The average Bonchev–Trinajstić information content (AvgIpc) is 2.23. The van der Waals surface area contributed by atoms with Gasteiger partial charge in [0.05, 0.1) is 0 Å². The summed E-state index contributed by atoms with van der Waals surface area (Å²) >= 11 is 0. The summed E-state index contributed by atoms with van der Waals surface area (Å²) in [7, 11) is 1.50. The third kappa shape index (κ3) is 6.99. The molecule has 0 atom stereocenters. The molecule has 0 bridgehead atoms. The molecule has 1 heterocycles. The topological polar surface area (TPSA) is 41.3 Å². The summed E-state index contributed by atoms with van der Waals surface area (Å²) in [5.74, 6) is 0. The second kappa shape index (κ2) is 9.96. The molecular formula is C10H25N3. The lowest BCUT2D eigenvalue weighted by Gasteiger charge is -2.26. The van der Waals surface area contributed by atoms with Crippen LogP contribution in [0, 0.1) is 0 Å². The average molecular weight is 187 g/mol. The van der Waals surface area contributed by atoms with E-state index in [0.29, 0.717) is 0 Å². The number of unbranched alkanes of at least 4 members (excludes halogenated alkanes) is 2. The minimum atomic E-state index is 1.19. The van der Waals surface area contributed by atoms with Crippen LogP contribution in [0.3, 0.4) is 0 Å². The molecule has 1 fully saturated rings. The van der Waals surface area contributed by atoms with Crippen LogP contribution in [-0.2, 0) is 0 Å². The van der Waals surface area contributed by atoms with Crippen LogP contribution in [0.2, 0.25) is 0 Å². The predicted molar refractivity (Wildman–Crippen MR) is 58.9 cm³/mol. The molecule has 1 rings (SSSR count). The van der Waals surface area contributed by atoms with Gasteiger partial charge in [-0.05, 0) is 20.0 Å². The van der Waals surface area contributed by atoms with Gasteiger partial charge in [-0.3, -0.25) is 0 Å². The van der Waals surface area contributed by atoms with E-state index in [9.17, 15) is 0 Å². The lowest BCUT2D eigenvalue weighted by Crippen LogP contribution is -2.43. The quantitative estimate of drug-likeness (QED) is 0.635. The van der Waals surface area contributed by atoms with Gasteiger partial charge in [-0.1, -0.05) is 19.8 Å². The van der Waals surface area contributed by atoms with Crippen LogP contribution in [-0.4, -0.2) is 44.7 Å². The molecule has 0 unspecified atom stereocenters. The van der Waals surface area contributed by atoms with Gasteiger partial charge in [0.2, 0.25) is 0 Å². The molecule has 0 spiro atoms. The van der Waals surface area contributed by atoms with Crippen molar-refractivity contribution in [1.82, 2.24) is 10.2 Å². The van der Waals surface area contributed by atoms with E-state index >= 15 is 0 Å². The van der Waals surface area contributed by atoms with Crippen molar-refractivity contribution >= 4 is 0 Å². The summed E-state index contributed by atoms with van der Waals surface area (Å²) in [6, 6.07) is 0. The fraction of sp³-hybridized carbons (Fsp3) is 1.00. The van der Waals surface area contributed by atoms with E-state index < -0.39 is 0 Å². The highest BCUT2D eigenvalue weighted by Gasteiger charge is 2.07. The van der Waals surface area contributed by atoms with Crippen molar-refractivity contribution in [1.29, 1.82) is 0 Å². The number of rotatable bonds is 4. The van der Waals surface area contributed by atoms with Gasteiger partial charge < -0.3 is 16.0 Å². The Bertz CT molecular complexity index is 90.2. The Kier molecular flexibility index (Phi) is 9.87. The SMILES string of the molecule is CCCCCN1CCNCC1.CN. The molecule has 3 N–H and O–H groups in total. The summed E-state index contributed by atoms with van der Waals surface area (Å²) < 4.78 is 0. The van der Waals surface area contributed by atoms with Gasteiger partial charge in [-0.2, -0.15) is 0 Å². The highest BCUT2D eigenvalue weighted by atomic mass is 15.2. The van der Waals surface area contributed by atoms with Crippen molar-refractivity contribution in [3.63, 3.8) is 0 Å². The van der Waals surface area contributed by atoms with Crippen molar-refractivity contribution in [3.05, 3.63) is 0 Å². The molecule has 0 aromatic carbocycles. The van der Waals surface area contributed by atoms with E-state index in [1.165, 1.54) is 59.0 Å². The Hall–Kier alpha value is -0.120. The van der Waals surface area contributed by atoms with Gasteiger partial charge in [-0.15, -0.1) is 0 Å². The van der Waals surface area contributed by atoms with Crippen LogP contribution in [0.4, 0.5) is 0 Å². The lowest BCUT2D eigenvalue weighted by atomic mass is 10.2. The van der Waals surface area contributed by atoms with Crippen LogP contribution in [0.1, 0.15) is 26.2 Å². The van der Waals surface area contributed by atoms with Crippen LogP contribution < -0.4 is 11.1 Å². The molecule has 1 aliphatic heterocycles. The van der Waals surface area contributed by atoms with E-state index in [1.54, 1.807) is 0 Å². The van der Waals surface area contributed by atoms with Crippen LogP contribution in [0.25, 0.3) is 0 Å². The Morgan fingerprint density at radius 2 is 1.77 bits per heavy atom. The molecule has 3 heteroatoms. The summed E-state index contributed by atoms with van der Waals surface area (Å²) in [4.78, 5) is 2.56. The summed E-state index contributed by atoms with van der Waals surface area (Å²) in [6.07, 6.45) is 4.12. The molecule has 0 radical (unpaired) electrons. The molecule has 13 heavy (non-hydrogen) atoms. The molecule has 0 aromatic heterocycles. The first-order chi connectivity index (χ1) is 6.43. The predicted octanol–water partition coefficient (Wildman–Crippen LogP) is 0.657. The van der Waals surface area contributed by atoms with E-state index in [4.69, 9.17) is 0 Å². The standard InChI is InChI=1S/C9H20N2.CH5N/c1-2-3-4-7-11-8-5-10-6-9-11;1-2/h10H,2-9H2,1H3;2H2,1H3. The first kappa shape index (κ1) is 12.9. The number of nitrogens with one attached hydrogen (secondary N) is 1. The van der Waals surface area contributed by atoms with Gasteiger partial charge in [0.15, 0.2) is 0 Å². The monoisotopic (exact) mass is 187 g/mol. The highest BCUT2D eigenvalue weighted by molar-refractivity contribution is 4.66. The fourth-order valence-corrected chi connectivity index (χ4v) is 1.52. The van der Waals surface area contributed by atoms with Crippen molar-refractivity contribution in [3.8, 4) is 0 Å². The van der Waals surface area contributed by atoms with E-state index in [1.807, 2.05) is 0 Å². The van der Waals surface area contributed by atoms with Gasteiger partial charge >= 0.3 is 0 Å². The zero-order valence-corrected chi connectivity index (χ0v) is 9.18. The lowest BCUT2D eigenvalue weighted by molar-refractivity contribution is 0.236. The second-order valence-corrected chi connectivity index (χ2v) is 3.30.